The van der Waals surface area contributed by atoms with Gasteiger partial charge in [-0.15, -0.1) is 0 Å². The van der Waals surface area contributed by atoms with E-state index < -0.39 is 0 Å². The molecule has 0 radical (unpaired) electrons. The van der Waals surface area contributed by atoms with E-state index in [-0.39, 0.29) is 11.6 Å². The van der Waals surface area contributed by atoms with Gasteiger partial charge in [-0.2, -0.15) is 0 Å². The summed E-state index contributed by atoms with van der Waals surface area (Å²) in [6, 6.07) is 7.84. The van der Waals surface area contributed by atoms with E-state index in [9.17, 15) is 4.79 Å². The monoisotopic (exact) mass is 287 g/mol. The molecule has 1 amide bonds. The van der Waals surface area contributed by atoms with E-state index in [1.165, 1.54) is 19.3 Å². The van der Waals surface area contributed by atoms with Gasteiger partial charge in [0.25, 0.3) is 5.91 Å². The minimum absolute atomic E-state index is 0.127. The Bertz CT molecular complexity index is 537. The van der Waals surface area contributed by atoms with Crippen molar-refractivity contribution in [2.45, 2.75) is 45.7 Å². The quantitative estimate of drug-likeness (QED) is 0.906. The molecule has 1 aromatic rings. The Balaban J connectivity index is 2.04. The molecule has 0 spiro atoms. The summed E-state index contributed by atoms with van der Waals surface area (Å²) in [5.41, 5.74) is 1.36. The van der Waals surface area contributed by atoms with E-state index in [0.29, 0.717) is 5.92 Å². The first-order chi connectivity index (χ1) is 10.0. The smallest absolute Gasteiger partial charge is 0.272 e. The molecular formula is C17H25N3O. The fourth-order valence-corrected chi connectivity index (χ4v) is 3.32. The molecule has 0 bridgehead atoms. The normalized spacial score (nSPS) is 26.7. The van der Waals surface area contributed by atoms with Crippen LogP contribution in [0.1, 0.15) is 50.4 Å². The van der Waals surface area contributed by atoms with Crippen molar-refractivity contribution in [3.63, 3.8) is 0 Å². The van der Waals surface area contributed by atoms with E-state index >= 15 is 0 Å². The van der Waals surface area contributed by atoms with Crippen LogP contribution in [0.15, 0.2) is 24.3 Å². The van der Waals surface area contributed by atoms with Gasteiger partial charge in [0.05, 0.1) is 5.56 Å². The molecule has 2 aliphatic rings. The lowest BCUT2D eigenvalue weighted by Crippen LogP contribution is -2.67. The van der Waals surface area contributed by atoms with Gasteiger partial charge in [0, 0.05) is 18.8 Å². The molecule has 1 N–H and O–H groups in total. The van der Waals surface area contributed by atoms with Gasteiger partial charge < -0.3 is 5.32 Å². The maximum Gasteiger partial charge on any atom is 0.272 e. The van der Waals surface area contributed by atoms with Gasteiger partial charge in [0.15, 0.2) is 0 Å². The molecule has 4 heteroatoms. The highest BCUT2D eigenvalue weighted by Crippen LogP contribution is 2.37. The maximum absolute atomic E-state index is 13.1. The zero-order valence-electron chi connectivity index (χ0n) is 13.2. The molecule has 4 nitrogen and oxygen atoms in total. The Morgan fingerprint density at radius 3 is 2.48 bits per heavy atom. The van der Waals surface area contributed by atoms with Crippen LogP contribution in [0.25, 0.3) is 0 Å². The van der Waals surface area contributed by atoms with Crippen molar-refractivity contribution in [3.8, 4) is 0 Å². The Labute approximate surface area is 127 Å². The summed E-state index contributed by atoms with van der Waals surface area (Å²) in [6.07, 6.45) is 3.60. The lowest BCUT2D eigenvalue weighted by atomic mass is 9.92. The summed E-state index contributed by atoms with van der Waals surface area (Å²) < 4.78 is 0. The molecule has 3 rings (SSSR count). The molecule has 0 aliphatic carbocycles. The second-order valence-corrected chi connectivity index (χ2v) is 6.60. The number of hydrogen-bond acceptors (Lipinski definition) is 3. The largest absolute Gasteiger partial charge is 0.361 e. The molecule has 2 aliphatic heterocycles. The van der Waals surface area contributed by atoms with Gasteiger partial charge in [0.2, 0.25) is 0 Å². The second-order valence-electron chi connectivity index (χ2n) is 6.60. The number of benzene rings is 1. The third kappa shape index (κ3) is 2.31. The van der Waals surface area contributed by atoms with Gasteiger partial charge in [-0.1, -0.05) is 32.4 Å². The van der Waals surface area contributed by atoms with Crippen LogP contribution in [0.4, 0.5) is 5.69 Å². The average Bonchev–Trinajstić information content (AvgIpc) is 2.48. The van der Waals surface area contributed by atoms with Crippen LogP contribution in [0.5, 0.6) is 0 Å². The molecular weight excluding hydrogens is 262 g/mol. The van der Waals surface area contributed by atoms with Crippen LogP contribution in [0.3, 0.4) is 0 Å². The van der Waals surface area contributed by atoms with Crippen molar-refractivity contribution >= 4 is 11.6 Å². The lowest BCUT2D eigenvalue weighted by molar-refractivity contribution is -0.0895. The lowest BCUT2D eigenvalue weighted by Gasteiger charge is -2.53. The average molecular weight is 287 g/mol. The molecule has 2 heterocycles. The van der Waals surface area contributed by atoms with Crippen LogP contribution < -0.4 is 5.32 Å². The van der Waals surface area contributed by atoms with E-state index in [4.69, 9.17) is 0 Å². The van der Waals surface area contributed by atoms with Gasteiger partial charge in [-0.25, -0.2) is 10.0 Å². The molecule has 0 aromatic heterocycles. The van der Waals surface area contributed by atoms with Crippen LogP contribution >= 0.6 is 0 Å². The molecule has 114 valence electrons. The van der Waals surface area contributed by atoms with Crippen molar-refractivity contribution in [1.82, 2.24) is 10.0 Å². The van der Waals surface area contributed by atoms with Gasteiger partial charge in [-0.05, 0) is 37.8 Å². The number of para-hydroxylation sites is 1. The highest BCUT2D eigenvalue weighted by molar-refractivity contribution is 6.01. The molecule has 21 heavy (non-hydrogen) atoms. The Morgan fingerprint density at radius 2 is 1.81 bits per heavy atom. The van der Waals surface area contributed by atoms with Gasteiger partial charge in [-0.3, -0.25) is 4.79 Å². The molecule has 1 fully saturated rings. The Morgan fingerprint density at radius 1 is 1.14 bits per heavy atom. The predicted molar refractivity (Wildman–Crippen MR) is 84.9 cm³/mol. The van der Waals surface area contributed by atoms with Crippen molar-refractivity contribution in [1.29, 1.82) is 0 Å². The van der Waals surface area contributed by atoms with Crippen molar-refractivity contribution in [2.24, 2.45) is 5.92 Å². The van der Waals surface area contributed by atoms with Crippen LogP contribution in [0.2, 0.25) is 0 Å². The zero-order chi connectivity index (χ0) is 15.0. The van der Waals surface area contributed by atoms with Gasteiger partial charge in [0.1, 0.15) is 5.66 Å². The van der Waals surface area contributed by atoms with E-state index in [1.807, 2.05) is 29.3 Å². The zero-order valence-corrected chi connectivity index (χ0v) is 13.2. The van der Waals surface area contributed by atoms with Crippen molar-refractivity contribution < 1.29 is 4.79 Å². The predicted octanol–water partition coefficient (Wildman–Crippen LogP) is 3.33. The first-order valence-corrected chi connectivity index (χ1v) is 8.00. The van der Waals surface area contributed by atoms with Crippen molar-refractivity contribution in [3.05, 3.63) is 29.8 Å². The Hall–Kier alpha value is -1.55. The summed E-state index contributed by atoms with van der Waals surface area (Å²) in [5, 5.41) is 7.84. The highest BCUT2D eigenvalue weighted by atomic mass is 16.2. The van der Waals surface area contributed by atoms with E-state index in [1.54, 1.807) is 0 Å². The molecule has 1 saturated heterocycles. The Kier molecular flexibility index (Phi) is 3.66. The first-order valence-electron chi connectivity index (χ1n) is 8.00. The molecule has 1 aromatic carbocycles. The summed E-state index contributed by atoms with van der Waals surface area (Å²) in [4.78, 5) is 13.1. The third-order valence-corrected chi connectivity index (χ3v) is 4.92. The number of nitrogens with one attached hydrogen (secondary N) is 1. The second kappa shape index (κ2) is 5.34. The molecule has 1 unspecified atom stereocenters. The summed E-state index contributed by atoms with van der Waals surface area (Å²) in [6.45, 7) is 8.42. The van der Waals surface area contributed by atoms with E-state index in [0.717, 1.165) is 24.3 Å². The van der Waals surface area contributed by atoms with Crippen molar-refractivity contribution in [2.75, 3.05) is 18.4 Å². The van der Waals surface area contributed by atoms with Gasteiger partial charge >= 0.3 is 0 Å². The molecule has 0 saturated carbocycles. The number of anilines is 1. The summed E-state index contributed by atoms with van der Waals surface area (Å²) >= 11 is 0. The SMILES string of the molecule is CC(C)C1(C)Nc2ccccc2C(=O)N1N1CCCCC1. The maximum atomic E-state index is 13.1. The fraction of sp³-hybridized carbons (Fsp3) is 0.588. The minimum atomic E-state index is -0.372. The number of carbonyl (C=O) groups is 1. The number of piperidine rings is 1. The first kappa shape index (κ1) is 14.4. The standard InChI is InChI=1S/C17H25N3O/c1-13(2)17(3)18-15-10-6-5-9-14(15)16(21)20(17)19-11-7-4-8-12-19/h5-6,9-10,13,18H,4,7-8,11-12H2,1-3H3. The third-order valence-electron chi connectivity index (χ3n) is 4.92. The highest BCUT2D eigenvalue weighted by Gasteiger charge is 2.46. The van der Waals surface area contributed by atoms with Crippen LogP contribution in [-0.4, -0.2) is 34.7 Å². The summed E-state index contributed by atoms with van der Waals surface area (Å²) in [5.74, 6) is 0.444. The summed E-state index contributed by atoms with van der Waals surface area (Å²) in [7, 11) is 0. The topological polar surface area (TPSA) is 35.6 Å². The fourth-order valence-electron chi connectivity index (χ4n) is 3.32. The number of rotatable bonds is 2. The molecule has 1 atom stereocenters. The van der Waals surface area contributed by atoms with Crippen LogP contribution in [-0.2, 0) is 0 Å². The van der Waals surface area contributed by atoms with Crippen LogP contribution in [0, 0.1) is 5.92 Å². The number of hydrazine groups is 1. The van der Waals surface area contributed by atoms with E-state index in [2.05, 4.69) is 31.1 Å². The minimum Gasteiger partial charge on any atom is -0.361 e. The number of carbonyl (C=O) groups excluding carboxylic acids is 1. The number of amides is 1. The number of hydrogen-bond donors (Lipinski definition) is 1. The number of nitrogens with zero attached hydrogens (tertiary/aromatic N) is 2. The number of fused-ring (bicyclic) bond motifs is 1.